The summed E-state index contributed by atoms with van der Waals surface area (Å²) in [6.45, 7) is 0. The highest BCUT2D eigenvalue weighted by Gasteiger charge is 2.16. The topological polar surface area (TPSA) is 16.4 Å². The standard InChI is InChI=1S/C28H18ClNO/c29-25-11-6-12-26-28(25)24-16-15-23(18-27(24)31-26)30(21-9-2-1-3-10-21)22-14-13-19-7-4-5-8-20(19)17-22/h1-18H. The van der Waals surface area contributed by atoms with Gasteiger partial charge in [0.15, 0.2) is 0 Å². The van der Waals surface area contributed by atoms with Gasteiger partial charge in [-0.3, -0.25) is 0 Å². The zero-order valence-corrected chi connectivity index (χ0v) is 17.4. The van der Waals surface area contributed by atoms with Gasteiger partial charge in [-0.05, 0) is 59.3 Å². The first-order chi connectivity index (χ1) is 15.3. The van der Waals surface area contributed by atoms with Crippen molar-refractivity contribution >= 4 is 61.4 Å². The van der Waals surface area contributed by atoms with Gasteiger partial charge >= 0.3 is 0 Å². The molecule has 0 saturated carbocycles. The summed E-state index contributed by atoms with van der Waals surface area (Å²) in [6.07, 6.45) is 0. The predicted octanol–water partition coefficient (Wildman–Crippen LogP) is 8.86. The molecule has 3 heteroatoms. The first-order valence-corrected chi connectivity index (χ1v) is 10.6. The molecule has 0 atom stereocenters. The molecule has 0 saturated heterocycles. The van der Waals surface area contributed by atoms with Crippen LogP contribution in [0.15, 0.2) is 114 Å². The quantitative estimate of drug-likeness (QED) is 0.284. The minimum Gasteiger partial charge on any atom is -0.456 e. The van der Waals surface area contributed by atoms with E-state index in [0.29, 0.717) is 5.02 Å². The van der Waals surface area contributed by atoms with Crippen LogP contribution in [-0.2, 0) is 0 Å². The van der Waals surface area contributed by atoms with E-state index in [1.165, 1.54) is 10.8 Å². The molecule has 6 aromatic rings. The van der Waals surface area contributed by atoms with Crippen LogP contribution in [0.1, 0.15) is 0 Å². The number of para-hydroxylation sites is 1. The van der Waals surface area contributed by atoms with Gasteiger partial charge in [0.25, 0.3) is 0 Å². The maximum atomic E-state index is 6.46. The Labute approximate surface area is 184 Å². The largest absolute Gasteiger partial charge is 0.456 e. The molecule has 0 amide bonds. The van der Waals surface area contributed by atoms with Gasteiger partial charge in [-0.2, -0.15) is 0 Å². The normalized spacial score (nSPS) is 11.4. The molecule has 0 fully saturated rings. The number of fused-ring (bicyclic) bond motifs is 4. The highest BCUT2D eigenvalue weighted by molar-refractivity contribution is 6.37. The SMILES string of the molecule is Clc1cccc2oc3cc(N(c4ccccc4)c4ccc5ccccc5c4)ccc3c12. The van der Waals surface area contributed by atoms with Gasteiger partial charge in [0.2, 0.25) is 0 Å². The summed E-state index contributed by atoms with van der Waals surface area (Å²) in [5, 5.41) is 5.12. The van der Waals surface area contributed by atoms with E-state index >= 15 is 0 Å². The summed E-state index contributed by atoms with van der Waals surface area (Å²) in [6, 6.07) is 37.5. The van der Waals surface area contributed by atoms with Crippen LogP contribution >= 0.6 is 11.6 Å². The third-order valence-corrected chi connectivity index (χ3v) is 6.01. The van der Waals surface area contributed by atoms with Crippen molar-refractivity contribution in [2.45, 2.75) is 0 Å². The molecule has 1 aromatic heterocycles. The van der Waals surface area contributed by atoms with Crippen LogP contribution in [0.5, 0.6) is 0 Å². The Morgan fingerprint density at radius 2 is 1.29 bits per heavy atom. The lowest BCUT2D eigenvalue weighted by molar-refractivity contribution is 0.669. The first-order valence-electron chi connectivity index (χ1n) is 10.2. The van der Waals surface area contributed by atoms with E-state index in [1.807, 2.05) is 24.3 Å². The first kappa shape index (κ1) is 18.1. The third kappa shape index (κ3) is 3.04. The van der Waals surface area contributed by atoms with Crippen molar-refractivity contribution in [1.29, 1.82) is 0 Å². The van der Waals surface area contributed by atoms with Gasteiger partial charge in [-0.1, -0.05) is 66.2 Å². The van der Waals surface area contributed by atoms with Crippen molar-refractivity contribution < 1.29 is 4.42 Å². The number of halogens is 1. The lowest BCUT2D eigenvalue weighted by atomic mass is 10.1. The second-order valence-electron chi connectivity index (χ2n) is 7.60. The van der Waals surface area contributed by atoms with E-state index in [4.69, 9.17) is 16.0 Å². The van der Waals surface area contributed by atoms with Gasteiger partial charge in [0.05, 0.1) is 5.02 Å². The molecule has 0 unspecified atom stereocenters. The van der Waals surface area contributed by atoms with E-state index in [0.717, 1.165) is 39.0 Å². The molecule has 2 nitrogen and oxygen atoms in total. The van der Waals surface area contributed by atoms with Crippen LogP contribution in [0.4, 0.5) is 17.1 Å². The van der Waals surface area contributed by atoms with Gasteiger partial charge < -0.3 is 9.32 Å². The molecule has 0 aliphatic heterocycles. The van der Waals surface area contributed by atoms with Crippen molar-refractivity contribution in [2.75, 3.05) is 4.90 Å². The van der Waals surface area contributed by atoms with Crippen LogP contribution in [0.3, 0.4) is 0 Å². The summed E-state index contributed by atoms with van der Waals surface area (Å²) < 4.78 is 6.15. The summed E-state index contributed by atoms with van der Waals surface area (Å²) >= 11 is 6.46. The molecule has 0 spiro atoms. The number of hydrogen-bond acceptors (Lipinski definition) is 2. The van der Waals surface area contributed by atoms with Crippen molar-refractivity contribution in [3.63, 3.8) is 0 Å². The Morgan fingerprint density at radius 3 is 2.16 bits per heavy atom. The van der Waals surface area contributed by atoms with Crippen molar-refractivity contribution in [3.8, 4) is 0 Å². The van der Waals surface area contributed by atoms with E-state index in [2.05, 4.69) is 89.8 Å². The fraction of sp³-hybridized carbons (Fsp3) is 0. The number of anilines is 3. The van der Waals surface area contributed by atoms with E-state index in [1.54, 1.807) is 0 Å². The molecule has 0 aliphatic carbocycles. The fourth-order valence-electron chi connectivity index (χ4n) is 4.25. The number of furan rings is 1. The predicted molar refractivity (Wildman–Crippen MR) is 131 cm³/mol. The fourth-order valence-corrected chi connectivity index (χ4v) is 4.52. The third-order valence-electron chi connectivity index (χ3n) is 5.69. The Bertz CT molecular complexity index is 1550. The summed E-state index contributed by atoms with van der Waals surface area (Å²) in [5.74, 6) is 0. The lowest BCUT2D eigenvalue weighted by Crippen LogP contribution is -2.09. The zero-order chi connectivity index (χ0) is 20.8. The van der Waals surface area contributed by atoms with Gasteiger partial charge in [-0.15, -0.1) is 0 Å². The molecular formula is C28H18ClNO. The number of hydrogen-bond donors (Lipinski definition) is 0. The van der Waals surface area contributed by atoms with Crippen molar-refractivity contribution in [1.82, 2.24) is 0 Å². The molecule has 1 heterocycles. The molecule has 0 aliphatic rings. The Morgan fingerprint density at radius 1 is 0.548 bits per heavy atom. The van der Waals surface area contributed by atoms with E-state index in [-0.39, 0.29) is 0 Å². The number of nitrogens with zero attached hydrogens (tertiary/aromatic N) is 1. The summed E-state index contributed by atoms with van der Waals surface area (Å²) in [4.78, 5) is 2.25. The molecule has 148 valence electrons. The van der Waals surface area contributed by atoms with Crippen LogP contribution in [0, 0.1) is 0 Å². The number of rotatable bonds is 3. The maximum absolute atomic E-state index is 6.46. The molecule has 0 N–H and O–H groups in total. The van der Waals surface area contributed by atoms with E-state index in [9.17, 15) is 0 Å². The second-order valence-corrected chi connectivity index (χ2v) is 8.01. The number of benzene rings is 5. The zero-order valence-electron chi connectivity index (χ0n) is 16.6. The smallest absolute Gasteiger partial charge is 0.137 e. The summed E-state index contributed by atoms with van der Waals surface area (Å²) in [7, 11) is 0. The van der Waals surface area contributed by atoms with Crippen LogP contribution < -0.4 is 4.90 Å². The lowest BCUT2D eigenvalue weighted by Gasteiger charge is -2.25. The van der Waals surface area contributed by atoms with E-state index < -0.39 is 0 Å². The van der Waals surface area contributed by atoms with Crippen LogP contribution in [-0.4, -0.2) is 0 Å². The average Bonchev–Trinajstić information content (AvgIpc) is 3.19. The maximum Gasteiger partial charge on any atom is 0.137 e. The highest BCUT2D eigenvalue weighted by Crippen LogP contribution is 2.40. The molecule has 5 aromatic carbocycles. The average molecular weight is 420 g/mol. The van der Waals surface area contributed by atoms with Gasteiger partial charge in [-0.25, -0.2) is 0 Å². The summed E-state index contributed by atoms with van der Waals surface area (Å²) in [5.41, 5.74) is 4.84. The van der Waals surface area contributed by atoms with Crippen LogP contribution in [0.2, 0.25) is 5.02 Å². The molecular weight excluding hydrogens is 402 g/mol. The highest BCUT2D eigenvalue weighted by atomic mass is 35.5. The molecule has 6 rings (SSSR count). The van der Waals surface area contributed by atoms with Gasteiger partial charge in [0, 0.05) is 33.9 Å². The Hall–Kier alpha value is -3.75. The Balaban J connectivity index is 1.58. The van der Waals surface area contributed by atoms with Crippen molar-refractivity contribution in [2.24, 2.45) is 0 Å². The van der Waals surface area contributed by atoms with Crippen molar-refractivity contribution in [3.05, 3.63) is 114 Å². The molecule has 0 radical (unpaired) electrons. The monoisotopic (exact) mass is 419 g/mol. The Kier molecular flexibility index (Phi) is 4.19. The minimum absolute atomic E-state index is 0.707. The van der Waals surface area contributed by atoms with Gasteiger partial charge in [0.1, 0.15) is 11.2 Å². The minimum atomic E-state index is 0.707. The molecule has 0 bridgehead atoms. The molecule has 31 heavy (non-hydrogen) atoms. The second kappa shape index (κ2) is 7.19. The van der Waals surface area contributed by atoms with Crippen LogP contribution in [0.25, 0.3) is 32.7 Å².